The molecule has 98 valence electrons. The lowest BCUT2D eigenvalue weighted by molar-refractivity contribution is -0.0321. The Balaban J connectivity index is 3.84. The van der Waals surface area contributed by atoms with Gasteiger partial charge in [-0.1, -0.05) is 48.0 Å². The van der Waals surface area contributed by atoms with Gasteiger partial charge in [0.1, 0.15) is 0 Å². The number of hydrogen-bond donors (Lipinski definition) is 0. The molecular weight excluding hydrogens is 196 g/mol. The highest BCUT2D eigenvalue weighted by atomic mass is 16.5. The lowest BCUT2D eigenvalue weighted by Crippen LogP contribution is -2.23. The molecular formula is C15H32O. The van der Waals surface area contributed by atoms with E-state index in [0.29, 0.717) is 23.5 Å². The second-order valence-corrected chi connectivity index (χ2v) is 6.57. The molecule has 16 heavy (non-hydrogen) atoms. The Bertz CT molecular complexity index is 167. The number of ether oxygens (including phenoxy) is 1. The summed E-state index contributed by atoms with van der Waals surface area (Å²) in [6.45, 7) is 15.8. The van der Waals surface area contributed by atoms with Crippen molar-refractivity contribution in [1.29, 1.82) is 0 Å². The van der Waals surface area contributed by atoms with Crippen LogP contribution in [0.2, 0.25) is 0 Å². The third-order valence-electron chi connectivity index (χ3n) is 3.25. The molecule has 0 amide bonds. The van der Waals surface area contributed by atoms with Gasteiger partial charge in [0.2, 0.25) is 0 Å². The van der Waals surface area contributed by atoms with Gasteiger partial charge in [-0.05, 0) is 37.5 Å². The monoisotopic (exact) mass is 228 g/mol. The van der Waals surface area contributed by atoms with Crippen molar-refractivity contribution in [2.75, 3.05) is 0 Å². The first-order chi connectivity index (χ1) is 7.26. The molecule has 0 saturated carbocycles. The third-order valence-corrected chi connectivity index (χ3v) is 3.25. The Morgan fingerprint density at radius 2 is 1.62 bits per heavy atom. The number of hydrogen-bond acceptors (Lipinski definition) is 1. The fourth-order valence-electron chi connectivity index (χ4n) is 1.69. The van der Waals surface area contributed by atoms with Crippen molar-refractivity contribution in [1.82, 2.24) is 0 Å². The lowest BCUT2D eigenvalue weighted by Gasteiger charge is -2.25. The first-order valence-electron chi connectivity index (χ1n) is 6.91. The van der Waals surface area contributed by atoms with Crippen molar-refractivity contribution in [2.24, 2.45) is 11.3 Å². The van der Waals surface area contributed by atoms with Crippen LogP contribution in [0.15, 0.2) is 0 Å². The van der Waals surface area contributed by atoms with Crippen molar-refractivity contribution in [2.45, 2.75) is 86.4 Å². The summed E-state index contributed by atoms with van der Waals surface area (Å²) in [4.78, 5) is 0. The molecule has 0 radical (unpaired) electrons. The van der Waals surface area contributed by atoms with Gasteiger partial charge in [-0.25, -0.2) is 0 Å². The molecule has 0 aliphatic heterocycles. The predicted octanol–water partition coefficient (Wildman–Crippen LogP) is 5.04. The summed E-state index contributed by atoms with van der Waals surface area (Å²) in [5, 5.41) is 0. The average Bonchev–Trinajstić information content (AvgIpc) is 2.13. The van der Waals surface area contributed by atoms with Gasteiger partial charge in [-0.3, -0.25) is 0 Å². The zero-order chi connectivity index (χ0) is 12.8. The van der Waals surface area contributed by atoms with Crippen LogP contribution in [0.5, 0.6) is 0 Å². The van der Waals surface area contributed by atoms with E-state index in [1.54, 1.807) is 0 Å². The van der Waals surface area contributed by atoms with Crippen LogP contribution in [-0.4, -0.2) is 12.2 Å². The van der Waals surface area contributed by atoms with E-state index in [1.165, 1.54) is 19.3 Å². The van der Waals surface area contributed by atoms with Gasteiger partial charge in [0, 0.05) is 0 Å². The normalized spacial score (nSPS) is 16.5. The van der Waals surface area contributed by atoms with Gasteiger partial charge >= 0.3 is 0 Å². The maximum atomic E-state index is 6.08. The fraction of sp³-hybridized carbons (Fsp3) is 1.00. The topological polar surface area (TPSA) is 9.23 Å². The molecule has 1 nitrogen and oxygen atoms in total. The molecule has 0 aromatic carbocycles. The van der Waals surface area contributed by atoms with Crippen molar-refractivity contribution >= 4 is 0 Å². The van der Waals surface area contributed by atoms with E-state index in [4.69, 9.17) is 4.74 Å². The molecule has 0 aromatic rings. The second kappa shape index (κ2) is 7.32. The molecule has 0 bridgehead atoms. The van der Waals surface area contributed by atoms with Crippen molar-refractivity contribution in [3.63, 3.8) is 0 Å². The van der Waals surface area contributed by atoms with Crippen LogP contribution in [0.3, 0.4) is 0 Å². The summed E-state index contributed by atoms with van der Waals surface area (Å²) in [6, 6.07) is 0. The van der Waals surface area contributed by atoms with Crippen LogP contribution in [-0.2, 0) is 4.74 Å². The van der Waals surface area contributed by atoms with Crippen LogP contribution < -0.4 is 0 Å². The minimum atomic E-state index is 0.389. The van der Waals surface area contributed by atoms with E-state index < -0.39 is 0 Å². The summed E-state index contributed by atoms with van der Waals surface area (Å²) in [5.74, 6) is 0.622. The smallest absolute Gasteiger partial charge is 0.0576 e. The molecule has 2 unspecified atom stereocenters. The fourth-order valence-corrected chi connectivity index (χ4v) is 1.69. The van der Waals surface area contributed by atoms with Crippen LogP contribution in [0, 0.1) is 11.3 Å². The first kappa shape index (κ1) is 16.0. The summed E-state index contributed by atoms with van der Waals surface area (Å²) >= 11 is 0. The molecule has 0 fully saturated rings. The van der Waals surface area contributed by atoms with Gasteiger partial charge in [0.15, 0.2) is 0 Å². The molecule has 0 aromatic heterocycles. The molecule has 0 rings (SSSR count). The molecule has 0 spiro atoms. The van der Waals surface area contributed by atoms with Crippen molar-refractivity contribution < 1.29 is 4.74 Å². The first-order valence-corrected chi connectivity index (χ1v) is 6.91. The second-order valence-electron chi connectivity index (χ2n) is 6.57. The largest absolute Gasteiger partial charge is 0.375 e. The Morgan fingerprint density at radius 1 is 1.06 bits per heavy atom. The predicted molar refractivity (Wildman–Crippen MR) is 72.8 cm³/mol. The highest BCUT2D eigenvalue weighted by Gasteiger charge is 2.16. The highest BCUT2D eigenvalue weighted by Crippen LogP contribution is 2.24. The summed E-state index contributed by atoms with van der Waals surface area (Å²) in [6.07, 6.45) is 5.78. The van der Waals surface area contributed by atoms with Gasteiger partial charge in [-0.15, -0.1) is 0 Å². The van der Waals surface area contributed by atoms with Gasteiger partial charge in [0.05, 0.1) is 12.2 Å². The number of rotatable bonds is 7. The zero-order valence-corrected chi connectivity index (χ0v) is 12.5. The van der Waals surface area contributed by atoms with E-state index in [-0.39, 0.29) is 0 Å². The lowest BCUT2D eigenvalue weighted by atomic mass is 9.89. The van der Waals surface area contributed by atoms with E-state index in [2.05, 4.69) is 48.5 Å². The van der Waals surface area contributed by atoms with Crippen LogP contribution in [0.1, 0.15) is 74.1 Å². The highest BCUT2D eigenvalue weighted by molar-refractivity contribution is 4.66. The molecule has 0 heterocycles. The van der Waals surface area contributed by atoms with E-state index in [9.17, 15) is 0 Å². The maximum absolute atomic E-state index is 6.08. The summed E-state index contributed by atoms with van der Waals surface area (Å²) < 4.78 is 6.08. The van der Waals surface area contributed by atoms with Gasteiger partial charge < -0.3 is 4.74 Å². The van der Waals surface area contributed by atoms with E-state index >= 15 is 0 Å². The molecule has 2 atom stereocenters. The molecule has 1 heteroatoms. The van der Waals surface area contributed by atoms with Crippen LogP contribution >= 0.6 is 0 Å². The minimum absolute atomic E-state index is 0.389. The van der Waals surface area contributed by atoms with Crippen molar-refractivity contribution in [3.8, 4) is 0 Å². The zero-order valence-electron chi connectivity index (χ0n) is 12.5. The SMILES string of the molecule is CCC(CCCC(C)(C)C)OC(C)C(C)C. The van der Waals surface area contributed by atoms with Gasteiger partial charge in [0.25, 0.3) is 0 Å². The van der Waals surface area contributed by atoms with E-state index in [1.807, 2.05) is 0 Å². The Morgan fingerprint density at radius 3 is 2.00 bits per heavy atom. The molecule has 0 aliphatic rings. The maximum Gasteiger partial charge on any atom is 0.0576 e. The molecule has 0 aliphatic carbocycles. The quantitative estimate of drug-likeness (QED) is 0.593. The van der Waals surface area contributed by atoms with E-state index in [0.717, 1.165) is 6.42 Å². The Hall–Kier alpha value is -0.0400. The summed E-state index contributed by atoms with van der Waals surface area (Å²) in [5.41, 5.74) is 0.460. The Kier molecular flexibility index (Phi) is 7.30. The van der Waals surface area contributed by atoms with Crippen LogP contribution in [0.4, 0.5) is 0 Å². The molecule has 0 N–H and O–H groups in total. The molecule has 0 saturated heterocycles. The van der Waals surface area contributed by atoms with Crippen LogP contribution in [0.25, 0.3) is 0 Å². The summed E-state index contributed by atoms with van der Waals surface area (Å²) in [7, 11) is 0. The standard InChI is InChI=1S/C15H32O/c1-8-14(16-13(4)12(2)3)10-9-11-15(5,6)7/h12-14H,8-11H2,1-7H3. The minimum Gasteiger partial charge on any atom is -0.375 e. The van der Waals surface area contributed by atoms with Crippen molar-refractivity contribution in [3.05, 3.63) is 0 Å². The van der Waals surface area contributed by atoms with Gasteiger partial charge in [-0.2, -0.15) is 0 Å². The Labute approximate surface area is 103 Å². The average molecular weight is 228 g/mol. The third kappa shape index (κ3) is 8.15.